The Kier molecular flexibility index (Phi) is 2.95. The monoisotopic (exact) mass is 221 g/mol. The molecular formula is C9H15N7. The topological polar surface area (TPSA) is 73.5 Å². The van der Waals surface area contributed by atoms with Crippen molar-refractivity contribution in [2.45, 2.75) is 19.5 Å². The first kappa shape index (κ1) is 10.7. The Bertz CT molecular complexity index is 458. The van der Waals surface area contributed by atoms with Crippen molar-refractivity contribution < 1.29 is 0 Å². The lowest BCUT2D eigenvalue weighted by Gasteiger charge is -2.12. The zero-order valence-corrected chi connectivity index (χ0v) is 9.62. The van der Waals surface area contributed by atoms with E-state index in [1.54, 1.807) is 12.7 Å². The molecule has 2 aromatic heterocycles. The molecule has 0 amide bonds. The van der Waals surface area contributed by atoms with Gasteiger partial charge in [-0.15, -0.1) is 20.4 Å². The molecule has 2 heterocycles. The summed E-state index contributed by atoms with van der Waals surface area (Å²) in [7, 11) is 3.85. The molecule has 7 heteroatoms. The first-order valence-electron chi connectivity index (χ1n) is 5.08. The standard InChI is InChI=1S/C9H15N7/c1-7(9-14-12-6-16(9)3)10-4-8-13-11-5-15(8)2/h5-7,10H,4H2,1-3H3. The molecule has 0 saturated carbocycles. The average Bonchev–Trinajstić information content (AvgIpc) is 2.84. The molecule has 0 saturated heterocycles. The second kappa shape index (κ2) is 4.40. The number of aromatic nitrogens is 6. The van der Waals surface area contributed by atoms with Crippen LogP contribution in [-0.2, 0) is 20.6 Å². The van der Waals surface area contributed by atoms with Crippen LogP contribution in [0.25, 0.3) is 0 Å². The Morgan fingerprint density at radius 1 is 1.19 bits per heavy atom. The highest BCUT2D eigenvalue weighted by Gasteiger charge is 2.11. The van der Waals surface area contributed by atoms with Gasteiger partial charge in [0, 0.05) is 14.1 Å². The molecule has 0 aromatic carbocycles. The Hall–Kier alpha value is -1.76. The SMILES string of the molecule is CC(NCc1nncn1C)c1nncn1C. The normalized spacial score (nSPS) is 12.9. The fourth-order valence-electron chi connectivity index (χ4n) is 1.49. The van der Waals surface area contributed by atoms with Crippen LogP contribution in [0.15, 0.2) is 12.7 Å². The van der Waals surface area contributed by atoms with Gasteiger partial charge in [0.15, 0.2) is 0 Å². The van der Waals surface area contributed by atoms with Crippen LogP contribution in [-0.4, -0.2) is 29.5 Å². The average molecular weight is 221 g/mol. The predicted molar refractivity (Wildman–Crippen MR) is 57.3 cm³/mol. The quantitative estimate of drug-likeness (QED) is 0.773. The van der Waals surface area contributed by atoms with Gasteiger partial charge in [-0.25, -0.2) is 0 Å². The minimum absolute atomic E-state index is 0.129. The maximum atomic E-state index is 4.05. The van der Waals surface area contributed by atoms with E-state index < -0.39 is 0 Å². The first-order valence-corrected chi connectivity index (χ1v) is 5.08. The lowest BCUT2D eigenvalue weighted by molar-refractivity contribution is 0.510. The first-order chi connectivity index (χ1) is 7.68. The fourth-order valence-corrected chi connectivity index (χ4v) is 1.49. The van der Waals surface area contributed by atoms with Crippen molar-refractivity contribution in [2.24, 2.45) is 14.1 Å². The molecule has 0 aliphatic carbocycles. The van der Waals surface area contributed by atoms with Gasteiger partial charge in [0.25, 0.3) is 0 Å². The molecular weight excluding hydrogens is 206 g/mol. The van der Waals surface area contributed by atoms with Crippen LogP contribution in [0.5, 0.6) is 0 Å². The molecule has 0 spiro atoms. The minimum atomic E-state index is 0.129. The van der Waals surface area contributed by atoms with Crippen molar-refractivity contribution >= 4 is 0 Å². The third-order valence-electron chi connectivity index (χ3n) is 2.51. The summed E-state index contributed by atoms with van der Waals surface area (Å²) < 4.78 is 3.78. The van der Waals surface area contributed by atoms with Crippen molar-refractivity contribution in [1.29, 1.82) is 0 Å². The van der Waals surface area contributed by atoms with E-state index in [0.29, 0.717) is 6.54 Å². The summed E-state index contributed by atoms with van der Waals surface area (Å²) in [6, 6.07) is 0.129. The van der Waals surface area contributed by atoms with Crippen LogP contribution in [0.4, 0.5) is 0 Å². The molecule has 1 N–H and O–H groups in total. The number of hydrogen-bond donors (Lipinski definition) is 1. The molecule has 0 fully saturated rings. The maximum absolute atomic E-state index is 4.05. The minimum Gasteiger partial charge on any atom is -0.320 e. The molecule has 2 aromatic rings. The summed E-state index contributed by atoms with van der Waals surface area (Å²) in [5.74, 6) is 1.80. The summed E-state index contributed by atoms with van der Waals surface area (Å²) in [5.41, 5.74) is 0. The van der Waals surface area contributed by atoms with E-state index in [4.69, 9.17) is 0 Å². The van der Waals surface area contributed by atoms with Crippen LogP contribution < -0.4 is 5.32 Å². The van der Waals surface area contributed by atoms with E-state index in [9.17, 15) is 0 Å². The van der Waals surface area contributed by atoms with Gasteiger partial charge in [-0.05, 0) is 6.92 Å². The van der Waals surface area contributed by atoms with Crippen LogP contribution in [0.3, 0.4) is 0 Å². The molecule has 1 atom stereocenters. The van der Waals surface area contributed by atoms with Gasteiger partial charge in [0.1, 0.15) is 24.3 Å². The second-order valence-electron chi connectivity index (χ2n) is 3.76. The van der Waals surface area contributed by atoms with Gasteiger partial charge in [0.2, 0.25) is 0 Å². The highest BCUT2D eigenvalue weighted by Crippen LogP contribution is 2.07. The number of aryl methyl sites for hydroxylation is 2. The van der Waals surface area contributed by atoms with Crippen LogP contribution in [0.2, 0.25) is 0 Å². The predicted octanol–water partition coefficient (Wildman–Crippen LogP) is -0.206. The van der Waals surface area contributed by atoms with Crippen molar-refractivity contribution in [1.82, 2.24) is 34.8 Å². The van der Waals surface area contributed by atoms with Crippen molar-refractivity contribution in [3.05, 3.63) is 24.3 Å². The summed E-state index contributed by atoms with van der Waals surface area (Å²) in [5, 5.41) is 19.0. The highest BCUT2D eigenvalue weighted by molar-refractivity contribution is 4.93. The molecule has 1 unspecified atom stereocenters. The van der Waals surface area contributed by atoms with Gasteiger partial charge in [-0.2, -0.15) is 0 Å². The Labute approximate surface area is 93.5 Å². The van der Waals surface area contributed by atoms with Crippen molar-refractivity contribution in [3.63, 3.8) is 0 Å². The molecule has 0 aliphatic heterocycles. The number of nitrogens with one attached hydrogen (secondary N) is 1. The van der Waals surface area contributed by atoms with Gasteiger partial charge in [-0.3, -0.25) is 0 Å². The highest BCUT2D eigenvalue weighted by atomic mass is 15.3. The van der Waals surface area contributed by atoms with E-state index in [-0.39, 0.29) is 6.04 Å². The third kappa shape index (κ3) is 2.08. The molecule has 7 nitrogen and oxygen atoms in total. The van der Waals surface area contributed by atoms with Crippen molar-refractivity contribution in [3.8, 4) is 0 Å². The van der Waals surface area contributed by atoms with Gasteiger partial charge in [0.05, 0.1) is 12.6 Å². The molecule has 86 valence electrons. The smallest absolute Gasteiger partial charge is 0.149 e. The number of hydrogen-bond acceptors (Lipinski definition) is 5. The summed E-state index contributed by atoms with van der Waals surface area (Å²) >= 11 is 0. The van der Waals surface area contributed by atoms with Crippen LogP contribution in [0, 0.1) is 0 Å². The molecule has 0 radical (unpaired) electrons. The van der Waals surface area contributed by atoms with Gasteiger partial charge >= 0.3 is 0 Å². The Balaban J connectivity index is 1.97. The van der Waals surface area contributed by atoms with E-state index >= 15 is 0 Å². The number of rotatable bonds is 4. The zero-order valence-electron chi connectivity index (χ0n) is 9.62. The van der Waals surface area contributed by atoms with E-state index in [1.165, 1.54) is 0 Å². The summed E-state index contributed by atoms with van der Waals surface area (Å²) in [6.45, 7) is 2.70. The lowest BCUT2D eigenvalue weighted by Crippen LogP contribution is -2.22. The van der Waals surface area contributed by atoms with E-state index in [2.05, 4.69) is 25.7 Å². The van der Waals surface area contributed by atoms with Crippen LogP contribution >= 0.6 is 0 Å². The van der Waals surface area contributed by atoms with E-state index in [0.717, 1.165) is 11.6 Å². The van der Waals surface area contributed by atoms with Gasteiger partial charge in [-0.1, -0.05) is 0 Å². The van der Waals surface area contributed by atoms with E-state index in [1.807, 2.05) is 30.2 Å². The molecule has 0 aliphatic rings. The van der Waals surface area contributed by atoms with Gasteiger partial charge < -0.3 is 14.5 Å². The molecule has 2 rings (SSSR count). The maximum Gasteiger partial charge on any atom is 0.149 e. The summed E-state index contributed by atoms with van der Waals surface area (Å²) in [6.07, 6.45) is 3.37. The Morgan fingerprint density at radius 3 is 2.44 bits per heavy atom. The molecule has 16 heavy (non-hydrogen) atoms. The fraction of sp³-hybridized carbons (Fsp3) is 0.556. The third-order valence-corrected chi connectivity index (χ3v) is 2.51. The Morgan fingerprint density at radius 2 is 1.88 bits per heavy atom. The second-order valence-corrected chi connectivity index (χ2v) is 3.76. The van der Waals surface area contributed by atoms with Crippen molar-refractivity contribution in [2.75, 3.05) is 0 Å². The van der Waals surface area contributed by atoms with Crippen LogP contribution in [0.1, 0.15) is 24.6 Å². The zero-order chi connectivity index (χ0) is 11.5. The largest absolute Gasteiger partial charge is 0.320 e. The lowest BCUT2D eigenvalue weighted by atomic mass is 10.3. The summed E-state index contributed by atoms with van der Waals surface area (Å²) in [4.78, 5) is 0. The number of nitrogens with zero attached hydrogens (tertiary/aromatic N) is 6. The molecule has 0 bridgehead atoms.